The van der Waals surface area contributed by atoms with Crippen LogP contribution < -0.4 is 15.4 Å². The van der Waals surface area contributed by atoms with Gasteiger partial charge in [0.25, 0.3) is 0 Å². The first-order chi connectivity index (χ1) is 26.4. The van der Waals surface area contributed by atoms with Crippen LogP contribution in [0.15, 0.2) is 6.58 Å². The summed E-state index contributed by atoms with van der Waals surface area (Å²) in [7, 11) is 0. The first-order valence-electron chi connectivity index (χ1n) is 19.0. The van der Waals surface area contributed by atoms with Gasteiger partial charge >= 0.3 is 5.97 Å². The Labute approximate surface area is 320 Å². The van der Waals surface area contributed by atoms with Gasteiger partial charge < -0.3 is 49.6 Å². The normalized spacial score (nSPS) is 18.3. The molecule has 1 aliphatic heterocycles. The van der Waals surface area contributed by atoms with Gasteiger partial charge in [0.15, 0.2) is 23.7 Å². The molecule has 4 atom stereocenters. The van der Waals surface area contributed by atoms with E-state index in [1.165, 1.54) is 6.92 Å². The molecule has 0 saturated carbocycles. The highest BCUT2D eigenvalue weighted by molar-refractivity contribution is 5.76. The zero-order valence-electron chi connectivity index (χ0n) is 31.7. The Bertz CT molecular complexity index is 1340. The quantitative estimate of drug-likeness (QED) is 0.0194. The van der Waals surface area contributed by atoms with Gasteiger partial charge in [-0.25, -0.2) is 13.2 Å². The molecular weight excluding hydrogens is 736 g/mol. The van der Waals surface area contributed by atoms with Crippen LogP contribution in [-0.2, 0) is 33.3 Å². The van der Waals surface area contributed by atoms with Gasteiger partial charge in [0.05, 0.1) is 44.7 Å². The molecule has 2 amide bonds. The molecule has 314 valence electrons. The second kappa shape index (κ2) is 27.4. The van der Waals surface area contributed by atoms with Gasteiger partial charge in [-0.3, -0.25) is 14.4 Å². The number of hydrogen-bond donors (Lipinski definition) is 5. The first kappa shape index (κ1) is 48.0. The Morgan fingerprint density at radius 3 is 1.80 bits per heavy atom. The molecule has 1 saturated heterocycles. The number of nitrogens with one attached hydrogen (secondary N) is 2. The lowest BCUT2D eigenvalue weighted by Gasteiger charge is -2.36. The van der Waals surface area contributed by atoms with Crippen LogP contribution in [-0.4, -0.2) is 110 Å². The lowest BCUT2D eigenvalue weighted by Crippen LogP contribution is -2.50. The SMILES string of the molecule is C=C(C)c1c(F)c(F)c(F)c(OC(=O)CCCCCCCCCCC(=O)NCCOCCOCCNC(=O)CCCCO[C@H]2C[C@@H](O)[C@@H](O)[C@@H](CO)O2)c1F. The van der Waals surface area contributed by atoms with E-state index in [2.05, 4.69) is 21.9 Å². The van der Waals surface area contributed by atoms with Crippen LogP contribution in [0.25, 0.3) is 5.57 Å². The van der Waals surface area contributed by atoms with Crippen molar-refractivity contribution < 1.29 is 70.9 Å². The average Bonchev–Trinajstić information content (AvgIpc) is 3.15. The minimum absolute atomic E-state index is 0.0519. The molecule has 0 spiro atoms. The molecule has 2 rings (SSSR count). The Morgan fingerprint density at radius 2 is 1.25 bits per heavy atom. The topological polar surface area (TPSA) is 182 Å². The van der Waals surface area contributed by atoms with Crippen molar-refractivity contribution in [3.63, 3.8) is 0 Å². The smallest absolute Gasteiger partial charge is 0.311 e. The number of benzene rings is 1. The van der Waals surface area contributed by atoms with E-state index in [0.29, 0.717) is 84.6 Å². The van der Waals surface area contributed by atoms with Crippen LogP contribution in [0.3, 0.4) is 0 Å². The lowest BCUT2D eigenvalue weighted by atomic mass is 10.0. The molecule has 5 N–H and O–H groups in total. The maximum absolute atomic E-state index is 14.4. The molecule has 0 bridgehead atoms. The van der Waals surface area contributed by atoms with E-state index in [9.17, 15) is 47.3 Å². The molecular formula is C38H58F4N2O11. The van der Waals surface area contributed by atoms with Crippen molar-refractivity contribution in [2.24, 2.45) is 0 Å². The minimum atomic E-state index is -1.93. The zero-order valence-corrected chi connectivity index (χ0v) is 31.7. The number of rotatable bonds is 29. The molecule has 1 aromatic rings. The van der Waals surface area contributed by atoms with Gasteiger partial charge in [-0.1, -0.05) is 45.1 Å². The summed E-state index contributed by atoms with van der Waals surface area (Å²) in [5.74, 6) is -9.45. The second-order valence-corrected chi connectivity index (χ2v) is 13.4. The van der Waals surface area contributed by atoms with Gasteiger partial charge in [0.2, 0.25) is 23.4 Å². The third-order valence-corrected chi connectivity index (χ3v) is 8.73. The van der Waals surface area contributed by atoms with Crippen molar-refractivity contribution in [1.29, 1.82) is 0 Å². The zero-order chi connectivity index (χ0) is 40.6. The molecule has 1 heterocycles. The second-order valence-electron chi connectivity index (χ2n) is 13.4. The summed E-state index contributed by atoms with van der Waals surface area (Å²) in [6.45, 7) is 6.57. The number of hydrogen-bond acceptors (Lipinski definition) is 11. The predicted molar refractivity (Wildman–Crippen MR) is 193 cm³/mol. The van der Waals surface area contributed by atoms with Crippen molar-refractivity contribution in [3.8, 4) is 5.75 Å². The summed E-state index contributed by atoms with van der Waals surface area (Å²) in [5, 5.41) is 34.3. The number of carbonyl (C=O) groups is 3. The van der Waals surface area contributed by atoms with Crippen molar-refractivity contribution in [2.45, 2.75) is 121 Å². The molecule has 1 aliphatic rings. The van der Waals surface area contributed by atoms with E-state index in [4.69, 9.17) is 18.9 Å². The lowest BCUT2D eigenvalue weighted by molar-refractivity contribution is -0.256. The van der Waals surface area contributed by atoms with Crippen LogP contribution in [0, 0.1) is 23.3 Å². The highest BCUT2D eigenvalue weighted by Gasteiger charge is 2.36. The van der Waals surface area contributed by atoms with E-state index in [1.54, 1.807) is 0 Å². The van der Waals surface area contributed by atoms with E-state index >= 15 is 0 Å². The molecule has 55 heavy (non-hydrogen) atoms. The van der Waals surface area contributed by atoms with Crippen LogP contribution in [0.5, 0.6) is 5.75 Å². The molecule has 17 heteroatoms. The van der Waals surface area contributed by atoms with Gasteiger partial charge in [0, 0.05) is 45.4 Å². The van der Waals surface area contributed by atoms with Gasteiger partial charge in [-0.2, -0.15) is 4.39 Å². The first-order valence-corrected chi connectivity index (χ1v) is 19.0. The third kappa shape index (κ3) is 18.5. The van der Waals surface area contributed by atoms with Crippen molar-refractivity contribution in [2.75, 3.05) is 52.7 Å². The summed E-state index contributed by atoms with van der Waals surface area (Å²) in [6, 6.07) is 0. The minimum Gasteiger partial charge on any atom is -0.420 e. The number of ether oxygens (including phenoxy) is 5. The van der Waals surface area contributed by atoms with E-state index in [-0.39, 0.29) is 30.2 Å². The summed E-state index contributed by atoms with van der Waals surface area (Å²) in [6.07, 6.45) is 4.47. The summed E-state index contributed by atoms with van der Waals surface area (Å²) in [5.41, 5.74) is -1.04. The number of aliphatic hydroxyl groups is 3. The fourth-order valence-electron chi connectivity index (χ4n) is 5.66. The molecule has 0 radical (unpaired) electrons. The van der Waals surface area contributed by atoms with Crippen LogP contribution in [0.2, 0.25) is 0 Å². The largest absolute Gasteiger partial charge is 0.420 e. The number of halogens is 4. The van der Waals surface area contributed by atoms with Gasteiger partial charge in [-0.15, -0.1) is 0 Å². The van der Waals surface area contributed by atoms with Crippen LogP contribution in [0.1, 0.15) is 102 Å². The number of esters is 1. The van der Waals surface area contributed by atoms with Gasteiger partial charge in [0.1, 0.15) is 12.2 Å². The molecule has 0 aliphatic carbocycles. The molecule has 0 unspecified atom stereocenters. The number of carbonyl (C=O) groups excluding carboxylic acids is 3. The Balaban J connectivity index is 1.34. The molecule has 1 aromatic carbocycles. The summed E-state index contributed by atoms with van der Waals surface area (Å²) in [4.78, 5) is 36.0. The summed E-state index contributed by atoms with van der Waals surface area (Å²) < 4.78 is 82.6. The number of amides is 2. The highest BCUT2D eigenvalue weighted by atomic mass is 19.2. The van der Waals surface area contributed by atoms with E-state index < -0.39 is 71.8 Å². The predicted octanol–water partition coefficient (Wildman–Crippen LogP) is 4.36. The maximum Gasteiger partial charge on any atom is 0.311 e. The monoisotopic (exact) mass is 794 g/mol. The standard InChI is InChI=1S/C38H58F4N2O11/c1-25(2)32-33(39)35(41)36(42)38(34(32)40)55-30(49)15-10-8-6-4-3-5-7-9-13-28(47)43-16-19-51-21-22-52-20-17-44-29(48)14-11-12-18-53-31-23-26(46)37(50)27(24-45)54-31/h26-27,31,37,45-46,50H,1,3-24H2,2H3,(H,43,47)(H,44,48)/t26-,27-,31-,37-/m1/s1. The van der Waals surface area contributed by atoms with Crippen molar-refractivity contribution in [1.82, 2.24) is 10.6 Å². The van der Waals surface area contributed by atoms with E-state index in [1.807, 2.05) is 0 Å². The third-order valence-electron chi connectivity index (χ3n) is 8.73. The summed E-state index contributed by atoms with van der Waals surface area (Å²) >= 11 is 0. The molecule has 0 aromatic heterocycles. The van der Waals surface area contributed by atoms with Crippen molar-refractivity contribution in [3.05, 3.63) is 35.4 Å². The average molecular weight is 795 g/mol. The van der Waals surface area contributed by atoms with Crippen LogP contribution in [0.4, 0.5) is 17.6 Å². The fourth-order valence-corrected chi connectivity index (χ4v) is 5.66. The number of aliphatic hydroxyl groups excluding tert-OH is 3. The highest BCUT2D eigenvalue weighted by Crippen LogP contribution is 2.33. The Kier molecular flexibility index (Phi) is 23.9. The Hall–Kier alpha value is -3.19. The van der Waals surface area contributed by atoms with Crippen molar-refractivity contribution >= 4 is 23.4 Å². The van der Waals surface area contributed by atoms with E-state index in [0.717, 1.165) is 38.5 Å². The molecule has 13 nitrogen and oxygen atoms in total. The van der Waals surface area contributed by atoms with Crippen LogP contribution >= 0.6 is 0 Å². The fraction of sp³-hybridized carbons (Fsp3) is 0.711. The van der Waals surface area contributed by atoms with Gasteiger partial charge in [-0.05, 0) is 38.2 Å². The number of unbranched alkanes of at least 4 members (excludes halogenated alkanes) is 8. The Morgan fingerprint density at radius 1 is 0.727 bits per heavy atom. The number of allylic oxidation sites excluding steroid dienone is 1. The molecule has 1 fully saturated rings. The maximum atomic E-state index is 14.4.